The fourth-order valence-corrected chi connectivity index (χ4v) is 2.63. The number of anilines is 1. The molecule has 0 saturated heterocycles. The Morgan fingerprint density at radius 1 is 0.952 bits per heavy atom. The third-order valence-corrected chi connectivity index (χ3v) is 3.69. The van der Waals surface area contributed by atoms with Crippen molar-refractivity contribution in [1.82, 2.24) is 0 Å². The molecule has 0 fully saturated rings. The topological polar surface area (TPSA) is 38.0 Å². The molecule has 0 bridgehead atoms. The van der Waals surface area contributed by atoms with Gasteiger partial charge in [0.1, 0.15) is 0 Å². The Hall–Kier alpha value is -2.10. The van der Waals surface area contributed by atoms with Crippen LogP contribution in [0.25, 0.3) is 21.9 Å². The van der Waals surface area contributed by atoms with Gasteiger partial charge in [0, 0.05) is 16.0 Å². The largest absolute Gasteiger partial charge is 0.376 e. The van der Waals surface area contributed by atoms with Gasteiger partial charge in [-0.3, -0.25) is 0 Å². The van der Waals surface area contributed by atoms with Crippen molar-refractivity contribution in [3.8, 4) is 11.1 Å². The zero-order chi connectivity index (χ0) is 14.8. The number of benzene rings is 3. The predicted molar refractivity (Wildman–Crippen MR) is 94.8 cm³/mol. The van der Waals surface area contributed by atoms with E-state index < -0.39 is 0 Å². The summed E-state index contributed by atoms with van der Waals surface area (Å²) in [7, 11) is 0. The predicted octanol–water partition coefficient (Wildman–Crippen LogP) is 4.82. The standard InChI is InChI=1S/C17H13ClN2S/c18-13-8-5-12(6-9-13)15-10-7-11-3-1-2-4-14(11)16(15)20-17(19)21/h1-10H,(H3,19,20,21). The minimum atomic E-state index is 0.251. The molecule has 3 N–H and O–H groups in total. The Kier molecular flexibility index (Phi) is 3.78. The first-order chi connectivity index (χ1) is 10.1. The van der Waals surface area contributed by atoms with Crippen LogP contribution in [0.4, 0.5) is 5.69 Å². The first-order valence-electron chi connectivity index (χ1n) is 6.49. The van der Waals surface area contributed by atoms with Crippen LogP contribution in [0.15, 0.2) is 60.7 Å². The van der Waals surface area contributed by atoms with Crippen molar-refractivity contribution in [2.75, 3.05) is 5.32 Å². The van der Waals surface area contributed by atoms with Gasteiger partial charge in [0.25, 0.3) is 0 Å². The number of halogens is 1. The maximum Gasteiger partial charge on any atom is 0.168 e. The van der Waals surface area contributed by atoms with E-state index in [1.165, 1.54) is 0 Å². The van der Waals surface area contributed by atoms with Gasteiger partial charge in [-0.2, -0.15) is 0 Å². The molecule has 0 saturated carbocycles. The number of hydrogen-bond acceptors (Lipinski definition) is 1. The van der Waals surface area contributed by atoms with E-state index in [0.29, 0.717) is 5.02 Å². The summed E-state index contributed by atoms with van der Waals surface area (Å²) in [6.45, 7) is 0. The molecule has 0 aliphatic carbocycles. The first kappa shape index (κ1) is 13.9. The Balaban J connectivity index is 2.26. The average Bonchev–Trinajstić information content (AvgIpc) is 2.48. The van der Waals surface area contributed by atoms with E-state index in [9.17, 15) is 0 Å². The minimum absolute atomic E-state index is 0.251. The van der Waals surface area contributed by atoms with Gasteiger partial charge in [-0.15, -0.1) is 0 Å². The van der Waals surface area contributed by atoms with E-state index in [2.05, 4.69) is 29.6 Å². The van der Waals surface area contributed by atoms with Crippen molar-refractivity contribution < 1.29 is 0 Å². The molecule has 0 heterocycles. The average molecular weight is 313 g/mol. The summed E-state index contributed by atoms with van der Waals surface area (Å²) in [5.74, 6) is 0. The van der Waals surface area contributed by atoms with Gasteiger partial charge in [0.15, 0.2) is 5.11 Å². The summed E-state index contributed by atoms with van der Waals surface area (Å²) in [5, 5.41) is 6.28. The van der Waals surface area contributed by atoms with E-state index >= 15 is 0 Å². The van der Waals surface area contributed by atoms with Crippen LogP contribution in [0.2, 0.25) is 5.02 Å². The lowest BCUT2D eigenvalue weighted by atomic mass is 9.98. The molecule has 0 aromatic heterocycles. The van der Waals surface area contributed by atoms with E-state index in [0.717, 1.165) is 27.6 Å². The second-order valence-corrected chi connectivity index (χ2v) is 5.58. The maximum atomic E-state index is 5.96. The van der Waals surface area contributed by atoms with Gasteiger partial charge in [-0.25, -0.2) is 0 Å². The van der Waals surface area contributed by atoms with Gasteiger partial charge in [-0.1, -0.05) is 60.1 Å². The molecule has 4 heteroatoms. The normalized spacial score (nSPS) is 10.5. The van der Waals surface area contributed by atoms with E-state index in [-0.39, 0.29) is 5.11 Å². The lowest BCUT2D eigenvalue weighted by Crippen LogP contribution is -2.19. The molecule has 0 aliphatic heterocycles. The van der Waals surface area contributed by atoms with Crippen molar-refractivity contribution in [2.45, 2.75) is 0 Å². The summed E-state index contributed by atoms with van der Waals surface area (Å²) in [6.07, 6.45) is 0. The Morgan fingerprint density at radius 2 is 1.67 bits per heavy atom. The van der Waals surface area contributed by atoms with Gasteiger partial charge in [0.05, 0.1) is 5.69 Å². The molecule has 21 heavy (non-hydrogen) atoms. The van der Waals surface area contributed by atoms with E-state index in [1.807, 2.05) is 36.4 Å². The highest BCUT2D eigenvalue weighted by Crippen LogP contribution is 2.35. The van der Waals surface area contributed by atoms with Gasteiger partial charge < -0.3 is 11.1 Å². The Bertz CT molecular complexity index is 813. The van der Waals surface area contributed by atoms with Gasteiger partial charge in [-0.05, 0) is 35.3 Å². The highest BCUT2D eigenvalue weighted by atomic mass is 35.5. The van der Waals surface area contributed by atoms with Crippen molar-refractivity contribution in [1.29, 1.82) is 0 Å². The lowest BCUT2D eigenvalue weighted by Gasteiger charge is -2.14. The third-order valence-electron chi connectivity index (χ3n) is 3.33. The van der Waals surface area contributed by atoms with Crippen LogP contribution in [-0.2, 0) is 0 Å². The number of hydrogen-bond donors (Lipinski definition) is 2. The monoisotopic (exact) mass is 312 g/mol. The van der Waals surface area contributed by atoms with Crippen LogP contribution in [0.3, 0.4) is 0 Å². The highest BCUT2D eigenvalue weighted by molar-refractivity contribution is 7.80. The van der Waals surface area contributed by atoms with Crippen molar-refractivity contribution in [3.05, 3.63) is 65.7 Å². The minimum Gasteiger partial charge on any atom is -0.376 e. The number of nitrogens with two attached hydrogens (primary N) is 1. The summed E-state index contributed by atoms with van der Waals surface area (Å²) in [6, 6.07) is 20.0. The molecular weight excluding hydrogens is 300 g/mol. The number of rotatable bonds is 2. The Labute approximate surface area is 133 Å². The molecule has 0 radical (unpaired) electrons. The Morgan fingerprint density at radius 3 is 2.38 bits per heavy atom. The lowest BCUT2D eigenvalue weighted by molar-refractivity contribution is 1.60. The highest BCUT2D eigenvalue weighted by Gasteiger charge is 2.10. The molecule has 3 rings (SSSR count). The molecule has 0 aliphatic rings. The zero-order valence-corrected chi connectivity index (χ0v) is 12.7. The van der Waals surface area contributed by atoms with Crippen LogP contribution < -0.4 is 11.1 Å². The quantitative estimate of drug-likeness (QED) is 0.666. The molecule has 104 valence electrons. The third kappa shape index (κ3) is 2.84. The van der Waals surface area contributed by atoms with E-state index in [4.69, 9.17) is 29.6 Å². The molecule has 0 spiro atoms. The van der Waals surface area contributed by atoms with Crippen LogP contribution in [0.5, 0.6) is 0 Å². The smallest absolute Gasteiger partial charge is 0.168 e. The molecule has 3 aromatic rings. The van der Waals surface area contributed by atoms with Crippen LogP contribution >= 0.6 is 23.8 Å². The van der Waals surface area contributed by atoms with Crippen LogP contribution in [0.1, 0.15) is 0 Å². The van der Waals surface area contributed by atoms with Gasteiger partial charge >= 0.3 is 0 Å². The van der Waals surface area contributed by atoms with Crippen molar-refractivity contribution >= 4 is 45.4 Å². The molecule has 0 unspecified atom stereocenters. The second-order valence-electron chi connectivity index (χ2n) is 4.71. The number of thiocarbonyl (C=S) groups is 1. The van der Waals surface area contributed by atoms with Crippen molar-refractivity contribution in [3.63, 3.8) is 0 Å². The molecular formula is C17H13ClN2S. The van der Waals surface area contributed by atoms with Gasteiger partial charge in [0.2, 0.25) is 0 Å². The maximum absolute atomic E-state index is 5.96. The summed E-state index contributed by atoms with van der Waals surface area (Å²) >= 11 is 11.0. The molecule has 3 aromatic carbocycles. The fraction of sp³-hybridized carbons (Fsp3) is 0. The summed E-state index contributed by atoms with van der Waals surface area (Å²) < 4.78 is 0. The number of fused-ring (bicyclic) bond motifs is 1. The zero-order valence-electron chi connectivity index (χ0n) is 11.1. The summed E-state index contributed by atoms with van der Waals surface area (Å²) in [4.78, 5) is 0. The fourth-order valence-electron chi connectivity index (χ4n) is 2.40. The summed E-state index contributed by atoms with van der Waals surface area (Å²) in [5.41, 5.74) is 8.70. The van der Waals surface area contributed by atoms with Crippen LogP contribution in [0, 0.1) is 0 Å². The first-order valence-corrected chi connectivity index (χ1v) is 7.28. The van der Waals surface area contributed by atoms with Crippen LogP contribution in [-0.4, -0.2) is 5.11 Å². The SMILES string of the molecule is NC(=S)Nc1c(-c2ccc(Cl)cc2)ccc2ccccc12. The second kappa shape index (κ2) is 5.72. The molecule has 2 nitrogen and oxygen atoms in total. The van der Waals surface area contributed by atoms with E-state index in [1.54, 1.807) is 0 Å². The number of nitrogens with one attached hydrogen (secondary N) is 1. The molecule has 0 amide bonds. The molecule has 0 atom stereocenters. The van der Waals surface area contributed by atoms with Crippen molar-refractivity contribution in [2.24, 2.45) is 5.73 Å².